The molecule has 1 rings (SSSR count). The van der Waals surface area contributed by atoms with Crippen molar-refractivity contribution in [3.8, 4) is 0 Å². The molecule has 2 unspecified atom stereocenters. The second-order valence-electron chi connectivity index (χ2n) is 6.57. The van der Waals surface area contributed by atoms with Gasteiger partial charge in [0.2, 0.25) is 0 Å². The van der Waals surface area contributed by atoms with E-state index < -0.39 is 0 Å². The zero-order valence-corrected chi connectivity index (χ0v) is 13.8. The Morgan fingerprint density at radius 1 is 1.10 bits per heavy atom. The van der Waals surface area contributed by atoms with E-state index >= 15 is 0 Å². The zero-order chi connectivity index (χ0) is 15.0. The fraction of sp³-hybridized carbons (Fsp3) is 0.667. The predicted molar refractivity (Wildman–Crippen MR) is 87.0 cm³/mol. The molecular weight excluding hydrogens is 246 g/mol. The molecule has 0 spiro atoms. The number of ether oxygens (including phenoxy) is 1. The van der Waals surface area contributed by atoms with Gasteiger partial charge in [-0.25, -0.2) is 0 Å². The standard InChI is InChI=1S/C18H31NO/c1-6-16(20-14-13-18(3,4)5)17(19-7-2)15-11-9-8-10-12-15/h8-12,16-17,19H,6-7,13-14H2,1-5H3. The summed E-state index contributed by atoms with van der Waals surface area (Å²) in [5.41, 5.74) is 1.65. The third-order valence-electron chi connectivity index (χ3n) is 3.54. The molecule has 1 aromatic rings. The Bertz CT molecular complexity index is 355. The zero-order valence-electron chi connectivity index (χ0n) is 13.8. The quantitative estimate of drug-likeness (QED) is 0.751. The number of rotatable bonds is 8. The van der Waals surface area contributed by atoms with E-state index in [-0.39, 0.29) is 12.1 Å². The van der Waals surface area contributed by atoms with Crippen LogP contribution < -0.4 is 5.32 Å². The van der Waals surface area contributed by atoms with Crippen LogP contribution in [0.5, 0.6) is 0 Å². The summed E-state index contributed by atoms with van der Waals surface area (Å²) in [7, 11) is 0. The van der Waals surface area contributed by atoms with Gasteiger partial charge in [-0.1, -0.05) is 65.0 Å². The van der Waals surface area contributed by atoms with Gasteiger partial charge in [-0.05, 0) is 30.4 Å². The van der Waals surface area contributed by atoms with E-state index in [0.717, 1.165) is 26.0 Å². The topological polar surface area (TPSA) is 21.3 Å². The highest BCUT2D eigenvalue weighted by Gasteiger charge is 2.22. The number of benzene rings is 1. The fourth-order valence-electron chi connectivity index (χ4n) is 2.31. The first-order chi connectivity index (χ1) is 9.48. The first kappa shape index (κ1) is 17.2. The lowest BCUT2D eigenvalue weighted by Gasteiger charge is -2.29. The molecule has 2 heteroatoms. The van der Waals surface area contributed by atoms with Gasteiger partial charge < -0.3 is 10.1 Å². The Labute approximate surface area is 124 Å². The molecule has 1 aromatic carbocycles. The SMILES string of the molecule is CCNC(c1ccccc1)C(CC)OCCC(C)(C)C. The second kappa shape index (κ2) is 8.43. The van der Waals surface area contributed by atoms with Crippen LogP contribution in [0.15, 0.2) is 30.3 Å². The molecule has 114 valence electrons. The third kappa shape index (κ3) is 6.06. The average molecular weight is 277 g/mol. The minimum Gasteiger partial charge on any atom is -0.376 e. The van der Waals surface area contributed by atoms with Gasteiger partial charge in [0.05, 0.1) is 12.1 Å². The lowest BCUT2D eigenvalue weighted by molar-refractivity contribution is 0.0114. The number of hydrogen-bond donors (Lipinski definition) is 1. The van der Waals surface area contributed by atoms with Gasteiger partial charge in [0.1, 0.15) is 0 Å². The van der Waals surface area contributed by atoms with Crippen molar-refractivity contribution < 1.29 is 4.74 Å². The highest BCUT2D eigenvalue weighted by Crippen LogP contribution is 2.24. The Balaban J connectivity index is 2.67. The maximum Gasteiger partial charge on any atom is 0.0767 e. The molecule has 0 amide bonds. The molecule has 0 heterocycles. The van der Waals surface area contributed by atoms with Crippen molar-refractivity contribution in [3.05, 3.63) is 35.9 Å². The smallest absolute Gasteiger partial charge is 0.0767 e. The first-order valence-corrected chi connectivity index (χ1v) is 7.88. The van der Waals surface area contributed by atoms with Crippen LogP contribution in [-0.4, -0.2) is 19.3 Å². The number of nitrogens with one attached hydrogen (secondary N) is 1. The molecule has 0 aliphatic rings. The van der Waals surface area contributed by atoms with Crippen molar-refractivity contribution >= 4 is 0 Å². The Kier molecular flexibility index (Phi) is 7.25. The van der Waals surface area contributed by atoms with Crippen molar-refractivity contribution in [2.45, 2.75) is 59.6 Å². The molecule has 2 nitrogen and oxygen atoms in total. The van der Waals surface area contributed by atoms with Gasteiger partial charge in [-0.15, -0.1) is 0 Å². The summed E-state index contributed by atoms with van der Waals surface area (Å²) in [6.07, 6.45) is 2.35. The normalized spacial score (nSPS) is 15.1. The van der Waals surface area contributed by atoms with Crippen LogP contribution in [0, 0.1) is 5.41 Å². The minimum absolute atomic E-state index is 0.236. The molecule has 0 saturated carbocycles. The molecule has 0 bridgehead atoms. The van der Waals surface area contributed by atoms with Gasteiger partial charge in [-0.2, -0.15) is 0 Å². The monoisotopic (exact) mass is 277 g/mol. The van der Waals surface area contributed by atoms with Crippen LogP contribution in [0.4, 0.5) is 0 Å². The van der Waals surface area contributed by atoms with Gasteiger partial charge >= 0.3 is 0 Å². The van der Waals surface area contributed by atoms with Crippen LogP contribution in [0.1, 0.15) is 59.1 Å². The van der Waals surface area contributed by atoms with Crippen LogP contribution in [0.25, 0.3) is 0 Å². The van der Waals surface area contributed by atoms with E-state index in [4.69, 9.17) is 4.74 Å². The number of likely N-dealkylation sites (N-methyl/N-ethyl adjacent to an activating group) is 1. The molecule has 20 heavy (non-hydrogen) atoms. The van der Waals surface area contributed by atoms with Gasteiger partial charge in [0, 0.05) is 6.61 Å². The van der Waals surface area contributed by atoms with Gasteiger partial charge in [-0.3, -0.25) is 0 Å². The molecule has 2 atom stereocenters. The Morgan fingerprint density at radius 2 is 1.75 bits per heavy atom. The fourth-order valence-corrected chi connectivity index (χ4v) is 2.31. The summed E-state index contributed by atoms with van der Waals surface area (Å²) < 4.78 is 6.17. The average Bonchev–Trinajstić information content (AvgIpc) is 2.41. The summed E-state index contributed by atoms with van der Waals surface area (Å²) in [6, 6.07) is 10.9. The van der Waals surface area contributed by atoms with Crippen molar-refractivity contribution in [2.75, 3.05) is 13.2 Å². The van der Waals surface area contributed by atoms with E-state index in [1.54, 1.807) is 0 Å². The lowest BCUT2D eigenvalue weighted by Crippen LogP contribution is -2.34. The molecular formula is C18H31NO. The predicted octanol–water partition coefficient (Wildman–Crippen LogP) is 4.57. The van der Waals surface area contributed by atoms with E-state index in [9.17, 15) is 0 Å². The van der Waals surface area contributed by atoms with Crippen molar-refractivity contribution in [1.82, 2.24) is 5.32 Å². The summed E-state index contributed by atoms with van der Waals surface area (Å²) >= 11 is 0. The summed E-state index contributed by atoms with van der Waals surface area (Å²) in [6.45, 7) is 12.9. The molecule has 0 saturated heterocycles. The van der Waals surface area contributed by atoms with E-state index in [2.05, 4.69) is 70.3 Å². The van der Waals surface area contributed by atoms with Crippen LogP contribution in [0.2, 0.25) is 0 Å². The molecule has 1 N–H and O–H groups in total. The summed E-state index contributed by atoms with van der Waals surface area (Å²) in [5, 5.41) is 3.57. The molecule has 0 radical (unpaired) electrons. The Morgan fingerprint density at radius 3 is 2.25 bits per heavy atom. The lowest BCUT2D eigenvalue weighted by atomic mass is 9.93. The van der Waals surface area contributed by atoms with Crippen LogP contribution in [-0.2, 0) is 4.74 Å². The highest BCUT2D eigenvalue weighted by molar-refractivity contribution is 5.20. The minimum atomic E-state index is 0.236. The molecule has 0 fully saturated rings. The van der Waals surface area contributed by atoms with Crippen molar-refractivity contribution in [3.63, 3.8) is 0 Å². The summed E-state index contributed by atoms with van der Waals surface area (Å²) in [4.78, 5) is 0. The Hall–Kier alpha value is -0.860. The molecule has 0 aliphatic carbocycles. The maximum atomic E-state index is 6.17. The van der Waals surface area contributed by atoms with E-state index in [0.29, 0.717) is 5.41 Å². The van der Waals surface area contributed by atoms with E-state index in [1.807, 2.05) is 0 Å². The van der Waals surface area contributed by atoms with Gasteiger partial charge in [0.15, 0.2) is 0 Å². The molecule has 0 aliphatic heterocycles. The van der Waals surface area contributed by atoms with Crippen molar-refractivity contribution in [2.24, 2.45) is 5.41 Å². The molecule has 0 aromatic heterocycles. The first-order valence-electron chi connectivity index (χ1n) is 7.88. The van der Waals surface area contributed by atoms with Crippen LogP contribution >= 0.6 is 0 Å². The largest absolute Gasteiger partial charge is 0.376 e. The highest BCUT2D eigenvalue weighted by atomic mass is 16.5. The summed E-state index contributed by atoms with van der Waals surface area (Å²) in [5.74, 6) is 0. The second-order valence-corrected chi connectivity index (χ2v) is 6.57. The van der Waals surface area contributed by atoms with E-state index in [1.165, 1.54) is 5.56 Å². The van der Waals surface area contributed by atoms with Crippen molar-refractivity contribution in [1.29, 1.82) is 0 Å². The third-order valence-corrected chi connectivity index (χ3v) is 3.54. The maximum absolute atomic E-state index is 6.17. The van der Waals surface area contributed by atoms with Gasteiger partial charge in [0.25, 0.3) is 0 Å². The van der Waals surface area contributed by atoms with Crippen LogP contribution in [0.3, 0.4) is 0 Å². The number of hydrogen-bond acceptors (Lipinski definition) is 2.